The molecule has 25 heavy (non-hydrogen) atoms. The maximum Gasteiger partial charge on any atom is 0.0461 e. The quantitative estimate of drug-likeness (QED) is 0.588. The number of rotatable bonds is 3. The van der Waals surface area contributed by atoms with E-state index in [0.717, 1.165) is 18.1 Å². The third-order valence-electron chi connectivity index (χ3n) is 6.16. The molecule has 0 spiro atoms. The number of hydrogen-bond acceptors (Lipinski definition) is 1. The summed E-state index contributed by atoms with van der Waals surface area (Å²) in [6, 6.07) is 17.8. The van der Waals surface area contributed by atoms with Gasteiger partial charge >= 0.3 is 0 Å². The van der Waals surface area contributed by atoms with Gasteiger partial charge < -0.3 is 4.90 Å². The fourth-order valence-electron chi connectivity index (χ4n) is 4.65. The van der Waals surface area contributed by atoms with Gasteiger partial charge in [0, 0.05) is 23.8 Å². The number of halogens is 1. The van der Waals surface area contributed by atoms with E-state index in [9.17, 15) is 0 Å². The second-order valence-corrected chi connectivity index (χ2v) is 8.12. The van der Waals surface area contributed by atoms with Crippen LogP contribution in [-0.2, 0) is 0 Å². The van der Waals surface area contributed by atoms with Crippen molar-refractivity contribution in [3.8, 4) is 0 Å². The van der Waals surface area contributed by atoms with Gasteiger partial charge in [-0.05, 0) is 60.8 Å². The maximum atomic E-state index is 6.68. The maximum absolute atomic E-state index is 6.68. The Morgan fingerprint density at radius 2 is 1.48 bits per heavy atom. The van der Waals surface area contributed by atoms with E-state index in [-0.39, 0.29) is 0 Å². The van der Waals surface area contributed by atoms with E-state index in [2.05, 4.69) is 53.4 Å². The van der Waals surface area contributed by atoms with Gasteiger partial charge in [-0.25, -0.2) is 0 Å². The zero-order chi connectivity index (χ0) is 17.1. The van der Waals surface area contributed by atoms with E-state index in [0.29, 0.717) is 11.8 Å². The minimum absolute atomic E-state index is 0.680. The second-order valence-electron chi connectivity index (χ2n) is 7.71. The van der Waals surface area contributed by atoms with E-state index in [1.54, 1.807) is 0 Å². The Morgan fingerprint density at radius 1 is 0.760 bits per heavy atom. The molecule has 2 aromatic rings. The van der Waals surface area contributed by atoms with Crippen LogP contribution in [0.3, 0.4) is 0 Å². The highest BCUT2D eigenvalue weighted by Crippen LogP contribution is 2.38. The van der Waals surface area contributed by atoms with Crippen LogP contribution in [0.4, 0.5) is 5.69 Å². The zero-order valence-corrected chi connectivity index (χ0v) is 15.7. The van der Waals surface area contributed by atoms with Crippen molar-refractivity contribution in [1.29, 1.82) is 0 Å². The largest absolute Gasteiger partial charge is 0.371 e. The third-order valence-corrected chi connectivity index (χ3v) is 6.49. The van der Waals surface area contributed by atoms with Gasteiger partial charge in [0.15, 0.2) is 0 Å². The fraction of sp³-hybridized carbons (Fsp3) is 0.478. The number of anilines is 1. The van der Waals surface area contributed by atoms with Crippen LogP contribution >= 0.6 is 11.6 Å². The molecule has 0 unspecified atom stereocenters. The van der Waals surface area contributed by atoms with E-state index < -0.39 is 0 Å². The minimum atomic E-state index is 0.680. The number of hydrogen-bond donors (Lipinski definition) is 0. The molecule has 2 fully saturated rings. The first-order chi connectivity index (χ1) is 12.3. The fourth-order valence-corrected chi connectivity index (χ4v) is 4.98. The predicted octanol–water partition coefficient (Wildman–Crippen LogP) is 6.77. The van der Waals surface area contributed by atoms with Crippen LogP contribution in [0.5, 0.6) is 0 Å². The normalized spacial score (nSPS) is 20.0. The second kappa shape index (κ2) is 7.83. The first-order valence-electron chi connectivity index (χ1n) is 9.90. The molecular formula is C23H28ClN. The highest BCUT2D eigenvalue weighted by atomic mass is 35.5. The van der Waals surface area contributed by atoms with Crippen LogP contribution in [-0.4, -0.2) is 13.1 Å². The molecule has 0 amide bonds. The van der Waals surface area contributed by atoms with E-state index >= 15 is 0 Å². The summed E-state index contributed by atoms with van der Waals surface area (Å²) in [5.41, 5.74) is 4.17. The van der Waals surface area contributed by atoms with Crippen LogP contribution in [0.1, 0.15) is 67.9 Å². The third kappa shape index (κ3) is 3.87. The molecule has 1 heterocycles. The topological polar surface area (TPSA) is 3.24 Å². The molecule has 2 aliphatic rings. The molecule has 0 aromatic heterocycles. The van der Waals surface area contributed by atoms with Crippen LogP contribution in [0.15, 0.2) is 48.5 Å². The lowest BCUT2D eigenvalue weighted by Gasteiger charge is -2.34. The molecule has 132 valence electrons. The summed E-state index contributed by atoms with van der Waals surface area (Å²) in [6.45, 7) is 2.25. The van der Waals surface area contributed by atoms with Crippen LogP contribution in [0.2, 0.25) is 5.02 Å². The first-order valence-corrected chi connectivity index (χ1v) is 10.3. The predicted molar refractivity (Wildman–Crippen MR) is 108 cm³/mol. The van der Waals surface area contributed by atoms with Crippen molar-refractivity contribution < 1.29 is 0 Å². The van der Waals surface area contributed by atoms with Gasteiger partial charge in [-0.1, -0.05) is 67.3 Å². The van der Waals surface area contributed by atoms with Gasteiger partial charge in [0.1, 0.15) is 0 Å². The van der Waals surface area contributed by atoms with Gasteiger partial charge in [-0.15, -0.1) is 0 Å². The number of benzene rings is 2. The Labute approximate surface area is 157 Å². The van der Waals surface area contributed by atoms with Gasteiger partial charge in [0.05, 0.1) is 0 Å². The molecule has 2 heteroatoms. The van der Waals surface area contributed by atoms with Gasteiger partial charge in [-0.2, -0.15) is 0 Å². The molecule has 0 bridgehead atoms. The molecular weight excluding hydrogens is 326 g/mol. The summed E-state index contributed by atoms with van der Waals surface area (Å²) in [6.07, 6.45) is 9.18. The van der Waals surface area contributed by atoms with Gasteiger partial charge in [0.25, 0.3) is 0 Å². The van der Waals surface area contributed by atoms with Crippen molar-refractivity contribution in [2.45, 2.75) is 56.8 Å². The summed E-state index contributed by atoms with van der Waals surface area (Å²) in [5.74, 6) is 1.38. The van der Waals surface area contributed by atoms with Gasteiger partial charge in [0.2, 0.25) is 0 Å². The van der Waals surface area contributed by atoms with Crippen LogP contribution in [0.25, 0.3) is 0 Å². The highest BCUT2D eigenvalue weighted by molar-refractivity contribution is 6.31. The van der Waals surface area contributed by atoms with E-state index in [4.69, 9.17) is 11.6 Å². The molecule has 1 aliphatic carbocycles. The molecule has 2 aromatic carbocycles. The molecule has 1 nitrogen and oxygen atoms in total. The Kier molecular flexibility index (Phi) is 5.31. The molecule has 0 atom stereocenters. The molecule has 1 saturated heterocycles. The van der Waals surface area contributed by atoms with Crippen molar-refractivity contribution >= 4 is 17.3 Å². The van der Waals surface area contributed by atoms with Crippen molar-refractivity contribution in [1.82, 2.24) is 0 Å². The highest BCUT2D eigenvalue weighted by Gasteiger charge is 2.22. The lowest BCUT2D eigenvalue weighted by atomic mass is 9.84. The van der Waals surface area contributed by atoms with Crippen molar-refractivity contribution in [3.63, 3.8) is 0 Å². The lowest BCUT2D eigenvalue weighted by molar-refractivity contribution is 0.443. The van der Waals surface area contributed by atoms with E-state index in [1.807, 2.05) is 0 Å². The van der Waals surface area contributed by atoms with Crippen molar-refractivity contribution in [2.24, 2.45) is 0 Å². The van der Waals surface area contributed by atoms with Crippen molar-refractivity contribution in [3.05, 3.63) is 64.7 Å². The summed E-state index contributed by atoms with van der Waals surface area (Å²) >= 11 is 6.68. The Bertz CT molecular complexity index is 682. The Balaban J connectivity index is 1.42. The molecule has 1 saturated carbocycles. The Morgan fingerprint density at radius 3 is 2.16 bits per heavy atom. The smallest absolute Gasteiger partial charge is 0.0461 e. The Hall–Kier alpha value is -1.47. The molecule has 4 rings (SSSR count). The summed E-state index contributed by atoms with van der Waals surface area (Å²) in [7, 11) is 0. The average molecular weight is 354 g/mol. The number of piperidine rings is 1. The standard InChI is InChI=1S/C23H28ClN/c24-23-17-21(11-12-22(23)20-9-5-2-6-10-20)25-15-13-19(14-16-25)18-7-3-1-4-8-18/h1,3-4,7-8,11-12,17,19-20H,2,5-6,9-10,13-16H2. The lowest BCUT2D eigenvalue weighted by Crippen LogP contribution is -2.32. The van der Waals surface area contributed by atoms with Crippen molar-refractivity contribution in [2.75, 3.05) is 18.0 Å². The van der Waals surface area contributed by atoms with Crippen LogP contribution < -0.4 is 4.90 Å². The first kappa shape index (κ1) is 17.0. The SMILES string of the molecule is Clc1cc(N2CCC(c3ccccc3)CC2)ccc1C1CCCCC1. The van der Waals surface area contributed by atoms with E-state index in [1.165, 1.54) is 61.8 Å². The summed E-state index contributed by atoms with van der Waals surface area (Å²) in [5, 5.41) is 0.981. The number of nitrogens with zero attached hydrogens (tertiary/aromatic N) is 1. The summed E-state index contributed by atoms with van der Waals surface area (Å²) < 4.78 is 0. The molecule has 0 N–H and O–H groups in total. The average Bonchev–Trinajstić information content (AvgIpc) is 2.69. The summed E-state index contributed by atoms with van der Waals surface area (Å²) in [4.78, 5) is 2.51. The zero-order valence-electron chi connectivity index (χ0n) is 15.0. The minimum Gasteiger partial charge on any atom is -0.371 e. The van der Waals surface area contributed by atoms with Gasteiger partial charge in [-0.3, -0.25) is 0 Å². The van der Waals surface area contributed by atoms with Crippen LogP contribution in [0, 0.1) is 0 Å². The molecule has 1 aliphatic heterocycles. The monoisotopic (exact) mass is 353 g/mol. The molecule has 0 radical (unpaired) electrons.